The Morgan fingerprint density at radius 1 is 1.29 bits per heavy atom. The first-order valence-electron chi connectivity index (χ1n) is 1.91. The first-order valence-corrected chi connectivity index (χ1v) is 3.01. The van der Waals surface area contributed by atoms with Crippen LogP contribution >= 0.6 is 8.60 Å². The average Bonchev–Trinajstić information content (AvgIpc) is 1.85. The normalized spacial score (nSPS) is 25.3. The standard InChI is InChI=1S/C3H3O3P/c1-2-3-5-7(4-2)6-3/h1H3. The number of hydrogen-bond donors (Lipinski definition) is 0. The first kappa shape index (κ1) is 3.56. The number of hydrogen-bond acceptors (Lipinski definition) is 3. The van der Waals surface area contributed by atoms with E-state index in [-0.39, 0.29) is 0 Å². The van der Waals surface area contributed by atoms with Crippen molar-refractivity contribution in [3.05, 3.63) is 11.7 Å². The molecular weight excluding hydrogens is 115 g/mol. The third-order valence-corrected chi connectivity index (χ3v) is 1.87. The minimum absolute atomic E-state index is 0.575. The quantitative estimate of drug-likeness (QED) is 0.451. The van der Waals surface area contributed by atoms with Crippen LogP contribution in [-0.2, 0) is 13.6 Å². The van der Waals surface area contributed by atoms with Gasteiger partial charge in [0.2, 0.25) is 0 Å². The monoisotopic (exact) mass is 118 g/mol. The molecule has 1 fully saturated rings. The summed E-state index contributed by atoms with van der Waals surface area (Å²) in [5, 5.41) is 0. The summed E-state index contributed by atoms with van der Waals surface area (Å²) in [7, 11) is -0.935. The van der Waals surface area contributed by atoms with E-state index in [2.05, 4.69) is 0 Å². The van der Waals surface area contributed by atoms with Gasteiger partial charge in [-0.15, -0.1) is 0 Å². The third kappa shape index (κ3) is 0.293. The molecule has 3 aliphatic heterocycles. The van der Waals surface area contributed by atoms with Crippen LogP contribution in [0.25, 0.3) is 0 Å². The second kappa shape index (κ2) is 0.869. The molecule has 2 bridgehead atoms. The Balaban J connectivity index is 2.37. The molecule has 3 heterocycles. The van der Waals surface area contributed by atoms with Gasteiger partial charge in [-0.05, 0) is 0 Å². The molecule has 3 rings (SSSR count). The minimum Gasteiger partial charge on any atom is -0.406 e. The Kier molecular flexibility index (Phi) is 0.442. The number of allylic oxidation sites excluding steroid dienone is 1. The maximum Gasteiger partial charge on any atom is 0.535 e. The van der Waals surface area contributed by atoms with Crippen molar-refractivity contribution in [2.24, 2.45) is 0 Å². The van der Waals surface area contributed by atoms with Gasteiger partial charge in [0.05, 0.1) is 0 Å². The van der Waals surface area contributed by atoms with Gasteiger partial charge in [-0.1, -0.05) is 0 Å². The molecule has 0 spiro atoms. The highest BCUT2D eigenvalue weighted by Gasteiger charge is 2.43. The zero-order valence-electron chi connectivity index (χ0n) is 3.67. The van der Waals surface area contributed by atoms with Crippen molar-refractivity contribution < 1.29 is 13.6 Å². The molecule has 0 aromatic rings. The van der Waals surface area contributed by atoms with E-state index < -0.39 is 8.60 Å². The summed E-state index contributed by atoms with van der Waals surface area (Å²) in [6, 6.07) is 0. The molecule has 0 unspecified atom stereocenters. The lowest BCUT2D eigenvalue weighted by molar-refractivity contribution is 0.143. The van der Waals surface area contributed by atoms with E-state index in [0.717, 1.165) is 5.76 Å². The van der Waals surface area contributed by atoms with Crippen molar-refractivity contribution in [2.45, 2.75) is 6.92 Å². The highest BCUT2D eigenvalue weighted by molar-refractivity contribution is 7.43. The molecule has 0 aromatic heterocycles. The van der Waals surface area contributed by atoms with E-state index in [1.54, 1.807) is 0 Å². The molecule has 0 amide bonds. The highest BCUT2D eigenvalue weighted by Crippen LogP contribution is 2.63. The van der Waals surface area contributed by atoms with Gasteiger partial charge in [0.15, 0.2) is 5.76 Å². The molecule has 3 nitrogen and oxygen atoms in total. The van der Waals surface area contributed by atoms with Crippen LogP contribution in [0.3, 0.4) is 0 Å². The van der Waals surface area contributed by atoms with E-state index in [9.17, 15) is 0 Å². The Morgan fingerprint density at radius 3 is 2.14 bits per heavy atom. The number of fused-ring (bicyclic) bond motifs is 1. The van der Waals surface area contributed by atoms with Crippen molar-refractivity contribution in [1.29, 1.82) is 0 Å². The van der Waals surface area contributed by atoms with Crippen molar-refractivity contribution in [3.8, 4) is 0 Å². The van der Waals surface area contributed by atoms with Gasteiger partial charge in [-0.2, -0.15) is 0 Å². The molecule has 0 aromatic carbocycles. The molecule has 4 heteroatoms. The largest absolute Gasteiger partial charge is 0.535 e. The van der Waals surface area contributed by atoms with Crippen LogP contribution < -0.4 is 0 Å². The van der Waals surface area contributed by atoms with Crippen LogP contribution in [0, 0.1) is 0 Å². The van der Waals surface area contributed by atoms with Crippen LogP contribution in [-0.4, -0.2) is 0 Å². The molecule has 0 aliphatic carbocycles. The summed E-state index contributed by atoms with van der Waals surface area (Å²) in [4.78, 5) is 0. The van der Waals surface area contributed by atoms with E-state index in [1.165, 1.54) is 0 Å². The summed E-state index contributed by atoms with van der Waals surface area (Å²) in [5.74, 6) is 1.36. The molecule has 0 radical (unpaired) electrons. The zero-order valence-corrected chi connectivity index (χ0v) is 4.57. The second-order valence-corrected chi connectivity index (χ2v) is 2.34. The van der Waals surface area contributed by atoms with Crippen LogP contribution in [0.5, 0.6) is 0 Å². The maximum absolute atomic E-state index is 4.94. The van der Waals surface area contributed by atoms with E-state index in [1.807, 2.05) is 6.92 Å². The SMILES string of the molecule is CC1=C2OP(O1)O2. The summed E-state index contributed by atoms with van der Waals surface area (Å²) >= 11 is 0. The summed E-state index contributed by atoms with van der Waals surface area (Å²) < 4.78 is 14.7. The smallest absolute Gasteiger partial charge is 0.406 e. The van der Waals surface area contributed by atoms with Gasteiger partial charge in [-0.3, -0.25) is 0 Å². The van der Waals surface area contributed by atoms with E-state index in [4.69, 9.17) is 13.6 Å². The fraction of sp³-hybridized carbons (Fsp3) is 0.333. The fourth-order valence-electron chi connectivity index (χ4n) is 0.457. The molecule has 0 N–H and O–H groups in total. The Hall–Kier alpha value is -0.430. The summed E-state index contributed by atoms with van der Waals surface area (Å²) in [6.45, 7) is 1.82. The highest BCUT2D eigenvalue weighted by atomic mass is 31.2. The minimum atomic E-state index is -0.935. The van der Waals surface area contributed by atoms with Crippen molar-refractivity contribution in [3.63, 3.8) is 0 Å². The molecule has 1 saturated heterocycles. The van der Waals surface area contributed by atoms with Crippen LogP contribution in [0.4, 0.5) is 0 Å². The maximum atomic E-state index is 4.94. The van der Waals surface area contributed by atoms with Crippen molar-refractivity contribution in [2.75, 3.05) is 0 Å². The van der Waals surface area contributed by atoms with Gasteiger partial charge in [0.25, 0.3) is 0 Å². The van der Waals surface area contributed by atoms with Gasteiger partial charge in [0, 0.05) is 6.92 Å². The van der Waals surface area contributed by atoms with Gasteiger partial charge >= 0.3 is 14.5 Å². The van der Waals surface area contributed by atoms with E-state index in [0.29, 0.717) is 5.95 Å². The number of rotatable bonds is 0. The lowest BCUT2D eigenvalue weighted by Crippen LogP contribution is -1.94. The lowest BCUT2D eigenvalue weighted by Gasteiger charge is -2.14. The predicted octanol–water partition coefficient (Wildman–Crippen LogP) is 1.48. The Morgan fingerprint density at radius 2 is 2.00 bits per heavy atom. The van der Waals surface area contributed by atoms with Gasteiger partial charge < -0.3 is 13.6 Å². The summed E-state index contributed by atoms with van der Waals surface area (Å²) in [5.41, 5.74) is 0. The van der Waals surface area contributed by atoms with E-state index >= 15 is 0 Å². The topological polar surface area (TPSA) is 27.7 Å². The fourth-order valence-corrected chi connectivity index (χ4v) is 1.37. The second-order valence-electron chi connectivity index (χ2n) is 1.34. The Bertz CT molecular complexity index is 133. The van der Waals surface area contributed by atoms with Crippen LogP contribution in [0.2, 0.25) is 0 Å². The first-order chi connectivity index (χ1) is 3.36. The zero-order chi connectivity index (χ0) is 4.85. The molecule has 0 saturated carbocycles. The molecule has 3 aliphatic rings. The van der Waals surface area contributed by atoms with Gasteiger partial charge in [0.1, 0.15) is 0 Å². The average molecular weight is 118 g/mol. The Labute approximate surface area is 41.9 Å². The van der Waals surface area contributed by atoms with Crippen molar-refractivity contribution in [1.82, 2.24) is 0 Å². The summed E-state index contributed by atoms with van der Waals surface area (Å²) in [6.07, 6.45) is 0. The van der Waals surface area contributed by atoms with Crippen molar-refractivity contribution >= 4 is 8.60 Å². The predicted molar refractivity (Wildman–Crippen MR) is 22.9 cm³/mol. The molecule has 38 valence electrons. The third-order valence-electron chi connectivity index (χ3n) is 0.814. The lowest BCUT2D eigenvalue weighted by atomic mass is 10.6. The van der Waals surface area contributed by atoms with Crippen LogP contribution in [0.15, 0.2) is 11.7 Å². The molecule has 0 atom stereocenters. The molecular formula is C3H3O3P. The van der Waals surface area contributed by atoms with Crippen LogP contribution in [0.1, 0.15) is 6.92 Å². The van der Waals surface area contributed by atoms with Gasteiger partial charge in [-0.25, -0.2) is 0 Å². The molecule has 7 heavy (non-hydrogen) atoms.